The van der Waals surface area contributed by atoms with E-state index in [9.17, 15) is 8.78 Å². The van der Waals surface area contributed by atoms with Crippen molar-refractivity contribution in [2.24, 2.45) is 10.7 Å². The molecule has 0 radical (unpaired) electrons. The Morgan fingerprint density at radius 3 is 2.85 bits per heavy atom. The van der Waals surface area contributed by atoms with Crippen LogP contribution >= 0.6 is 0 Å². The highest BCUT2D eigenvalue weighted by Gasteiger charge is 2.20. The minimum absolute atomic E-state index is 0.0262. The largest absolute Gasteiger partial charge is 0.374 e. The van der Waals surface area contributed by atoms with Gasteiger partial charge in [0.15, 0.2) is 5.96 Å². The van der Waals surface area contributed by atoms with Crippen molar-refractivity contribution in [3.8, 4) is 0 Å². The Kier molecular flexibility index (Phi) is 6.14. The van der Waals surface area contributed by atoms with E-state index in [0.717, 1.165) is 37.8 Å². The Hall–Kier alpha value is -2.51. The number of hydrogen-bond acceptors (Lipinski definition) is 3. The van der Waals surface area contributed by atoms with Gasteiger partial charge in [-0.1, -0.05) is 30.3 Å². The molecule has 5 nitrogen and oxygen atoms in total. The second kappa shape index (κ2) is 8.73. The Bertz CT molecular complexity index is 754. The predicted octanol–water partition coefficient (Wildman–Crippen LogP) is 2.59. The average molecular weight is 360 g/mol. The standard InChI is InChI=1S/C19H22F2N4O/c20-15-6-7-17(21)18(10-15)24-19(22)23-11-16-13-25(8-9-26-16)12-14-4-2-1-3-5-14/h1-7,10,16H,8-9,11-13H2,(H3,22,23,24). The summed E-state index contributed by atoms with van der Waals surface area (Å²) >= 11 is 0. The summed E-state index contributed by atoms with van der Waals surface area (Å²) in [4.78, 5) is 6.50. The third kappa shape index (κ3) is 5.24. The third-order valence-electron chi connectivity index (χ3n) is 4.13. The van der Waals surface area contributed by atoms with Crippen LogP contribution in [0.2, 0.25) is 0 Å². The number of hydrogen-bond donors (Lipinski definition) is 2. The molecule has 0 bridgehead atoms. The second-order valence-corrected chi connectivity index (χ2v) is 6.19. The van der Waals surface area contributed by atoms with Gasteiger partial charge in [0.2, 0.25) is 0 Å². The minimum atomic E-state index is -0.590. The molecule has 0 aliphatic carbocycles. The molecule has 138 valence electrons. The highest BCUT2D eigenvalue weighted by Crippen LogP contribution is 2.15. The molecular weight excluding hydrogens is 338 g/mol. The zero-order valence-electron chi connectivity index (χ0n) is 14.4. The average Bonchev–Trinajstić information content (AvgIpc) is 2.64. The fraction of sp³-hybridized carbons (Fsp3) is 0.316. The lowest BCUT2D eigenvalue weighted by molar-refractivity contribution is -0.0257. The van der Waals surface area contributed by atoms with E-state index >= 15 is 0 Å². The molecule has 2 aromatic rings. The van der Waals surface area contributed by atoms with Crippen molar-refractivity contribution >= 4 is 11.6 Å². The zero-order chi connectivity index (χ0) is 18.4. The van der Waals surface area contributed by atoms with Gasteiger partial charge >= 0.3 is 0 Å². The topological polar surface area (TPSA) is 62.9 Å². The van der Waals surface area contributed by atoms with Crippen LogP contribution in [0, 0.1) is 11.6 Å². The maximum absolute atomic E-state index is 13.6. The Balaban J connectivity index is 1.53. The molecule has 0 spiro atoms. The van der Waals surface area contributed by atoms with Crippen molar-refractivity contribution in [1.29, 1.82) is 0 Å². The van der Waals surface area contributed by atoms with Gasteiger partial charge in [0.1, 0.15) is 11.6 Å². The number of guanidine groups is 1. The van der Waals surface area contributed by atoms with E-state index < -0.39 is 11.6 Å². The van der Waals surface area contributed by atoms with Gasteiger partial charge in [-0.15, -0.1) is 0 Å². The molecule has 0 aromatic heterocycles. The number of ether oxygens (including phenoxy) is 1. The maximum atomic E-state index is 13.6. The molecule has 3 N–H and O–H groups in total. The van der Waals surface area contributed by atoms with Crippen molar-refractivity contribution in [3.05, 3.63) is 65.7 Å². The van der Waals surface area contributed by atoms with Gasteiger partial charge in [0.25, 0.3) is 0 Å². The molecule has 0 saturated carbocycles. The van der Waals surface area contributed by atoms with E-state index in [4.69, 9.17) is 10.5 Å². The Morgan fingerprint density at radius 1 is 1.23 bits per heavy atom. The van der Waals surface area contributed by atoms with Crippen molar-refractivity contribution in [2.75, 3.05) is 31.6 Å². The van der Waals surface area contributed by atoms with E-state index in [1.165, 1.54) is 5.56 Å². The van der Waals surface area contributed by atoms with Crippen molar-refractivity contribution in [3.63, 3.8) is 0 Å². The minimum Gasteiger partial charge on any atom is -0.374 e. The molecular formula is C19H22F2N4O. The van der Waals surface area contributed by atoms with Crippen LogP contribution in [0.25, 0.3) is 0 Å². The fourth-order valence-electron chi connectivity index (χ4n) is 2.85. The number of nitrogens with one attached hydrogen (secondary N) is 1. The first-order chi connectivity index (χ1) is 12.6. The number of nitrogens with two attached hydrogens (primary N) is 1. The van der Waals surface area contributed by atoms with Crippen LogP contribution in [0.3, 0.4) is 0 Å². The third-order valence-corrected chi connectivity index (χ3v) is 4.13. The zero-order valence-corrected chi connectivity index (χ0v) is 14.4. The quantitative estimate of drug-likeness (QED) is 0.636. The monoisotopic (exact) mass is 360 g/mol. The van der Waals surface area contributed by atoms with Crippen molar-refractivity contribution in [2.45, 2.75) is 12.6 Å². The summed E-state index contributed by atoms with van der Waals surface area (Å²) in [5.74, 6) is -1.11. The van der Waals surface area contributed by atoms with Crippen LogP contribution in [0.5, 0.6) is 0 Å². The Labute approximate surface area is 151 Å². The number of morpholine rings is 1. The molecule has 2 aromatic carbocycles. The summed E-state index contributed by atoms with van der Waals surface area (Å²) in [7, 11) is 0. The van der Waals surface area contributed by atoms with Gasteiger partial charge in [-0.2, -0.15) is 0 Å². The molecule has 1 aliphatic heterocycles. The molecule has 26 heavy (non-hydrogen) atoms. The molecule has 1 saturated heterocycles. The summed E-state index contributed by atoms with van der Waals surface area (Å²) in [5, 5.41) is 2.59. The second-order valence-electron chi connectivity index (χ2n) is 6.19. The van der Waals surface area contributed by atoms with E-state index in [2.05, 4.69) is 27.3 Å². The van der Waals surface area contributed by atoms with Gasteiger partial charge in [0.05, 0.1) is 24.9 Å². The number of benzene rings is 2. The van der Waals surface area contributed by atoms with Gasteiger partial charge < -0.3 is 15.8 Å². The lowest BCUT2D eigenvalue weighted by Gasteiger charge is -2.32. The molecule has 1 heterocycles. The summed E-state index contributed by atoms with van der Waals surface area (Å²) in [6, 6.07) is 13.4. The van der Waals surface area contributed by atoms with Gasteiger partial charge in [0, 0.05) is 25.7 Å². The number of nitrogens with zero attached hydrogens (tertiary/aromatic N) is 2. The number of aliphatic imine (C=N–C) groups is 1. The number of anilines is 1. The number of rotatable bonds is 5. The first-order valence-electron chi connectivity index (χ1n) is 8.50. The fourth-order valence-corrected chi connectivity index (χ4v) is 2.85. The summed E-state index contributed by atoms with van der Waals surface area (Å²) in [6.45, 7) is 3.42. The van der Waals surface area contributed by atoms with Crippen LogP contribution in [0.4, 0.5) is 14.5 Å². The normalized spacial score (nSPS) is 18.7. The molecule has 0 amide bonds. The molecule has 1 aliphatic rings. The highest BCUT2D eigenvalue weighted by atomic mass is 19.1. The van der Waals surface area contributed by atoms with Crippen LogP contribution in [0.15, 0.2) is 53.5 Å². The Morgan fingerprint density at radius 2 is 2.04 bits per heavy atom. The van der Waals surface area contributed by atoms with Gasteiger partial charge in [-0.05, 0) is 17.7 Å². The SMILES string of the molecule is NC(=NCC1CN(Cc2ccccc2)CCO1)Nc1cc(F)ccc1F. The molecule has 7 heteroatoms. The van der Waals surface area contributed by atoms with Crippen LogP contribution in [0.1, 0.15) is 5.56 Å². The van der Waals surface area contributed by atoms with E-state index in [1.807, 2.05) is 18.2 Å². The molecule has 1 fully saturated rings. The highest BCUT2D eigenvalue weighted by molar-refractivity contribution is 5.92. The smallest absolute Gasteiger partial charge is 0.193 e. The first kappa shape index (κ1) is 18.3. The van der Waals surface area contributed by atoms with E-state index in [1.54, 1.807) is 0 Å². The van der Waals surface area contributed by atoms with Gasteiger partial charge in [-0.25, -0.2) is 8.78 Å². The van der Waals surface area contributed by atoms with Crippen molar-refractivity contribution in [1.82, 2.24) is 4.90 Å². The predicted molar refractivity (Wildman–Crippen MR) is 97.9 cm³/mol. The summed E-state index contributed by atoms with van der Waals surface area (Å²) in [5.41, 5.74) is 6.99. The molecule has 1 unspecified atom stereocenters. The van der Waals surface area contributed by atoms with Crippen LogP contribution in [-0.4, -0.2) is 43.2 Å². The first-order valence-corrected chi connectivity index (χ1v) is 8.50. The van der Waals surface area contributed by atoms with Crippen molar-refractivity contribution < 1.29 is 13.5 Å². The van der Waals surface area contributed by atoms with E-state index in [-0.39, 0.29) is 17.8 Å². The van der Waals surface area contributed by atoms with Gasteiger partial charge in [-0.3, -0.25) is 9.89 Å². The summed E-state index contributed by atoms with van der Waals surface area (Å²) in [6.07, 6.45) is -0.0924. The van der Waals surface area contributed by atoms with Crippen LogP contribution in [-0.2, 0) is 11.3 Å². The van der Waals surface area contributed by atoms with Crippen LogP contribution < -0.4 is 11.1 Å². The molecule has 3 rings (SSSR count). The molecule has 1 atom stereocenters. The maximum Gasteiger partial charge on any atom is 0.193 e. The number of halogens is 2. The van der Waals surface area contributed by atoms with E-state index in [0.29, 0.717) is 13.2 Å². The lowest BCUT2D eigenvalue weighted by Crippen LogP contribution is -2.43. The lowest BCUT2D eigenvalue weighted by atomic mass is 10.2. The summed E-state index contributed by atoms with van der Waals surface area (Å²) < 4.78 is 32.5.